The monoisotopic (exact) mass is 437 g/mol. The minimum Gasteiger partial charge on any atom is -0.755 e. The Hall–Kier alpha value is -3.20. The van der Waals surface area contributed by atoms with Crippen LogP contribution in [0.4, 0.5) is 11.4 Å². The van der Waals surface area contributed by atoms with E-state index in [1.165, 1.54) is 12.1 Å². The molecule has 1 unspecified atom stereocenters. The molecule has 0 radical (unpaired) electrons. The van der Waals surface area contributed by atoms with E-state index in [9.17, 15) is 17.2 Å². The molecule has 0 saturated carbocycles. The average molecular weight is 438 g/mol. The van der Waals surface area contributed by atoms with Crippen molar-refractivity contribution < 1.29 is 17.2 Å². The molecule has 8 heteroatoms. The zero-order chi connectivity index (χ0) is 21.1. The Morgan fingerprint density at radius 2 is 1.20 bits per heavy atom. The number of sulfonamides is 1. The Balaban J connectivity index is 1.67. The number of fused-ring (bicyclic) bond motifs is 1. The lowest BCUT2D eigenvalue weighted by Crippen LogP contribution is -2.13. The molecule has 0 amide bonds. The van der Waals surface area contributed by atoms with E-state index >= 15 is 0 Å². The van der Waals surface area contributed by atoms with Crippen molar-refractivity contribution in [2.24, 2.45) is 0 Å². The topological polar surface area (TPSA) is 98.3 Å². The molecule has 2 N–H and O–H groups in total. The van der Waals surface area contributed by atoms with Gasteiger partial charge in [-0.15, -0.1) is 0 Å². The molecule has 4 rings (SSSR count). The van der Waals surface area contributed by atoms with Crippen LogP contribution in [0, 0.1) is 0 Å². The van der Waals surface area contributed by atoms with Gasteiger partial charge in [0.05, 0.1) is 16.3 Å². The molecule has 0 fully saturated rings. The van der Waals surface area contributed by atoms with Crippen LogP contribution in [0.2, 0.25) is 0 Å². The Morgan fingerprint density at radius 1 is 0.667 bits per heavy atom. The van der Waals surface area contributed by atoms with Gasteiger partial charge in [0.2, 0.25) is 0 Å². The van der Waals surface area contributed by atoms with Gasteiger partial charge < -0.3 is 9.27 Å². The summed E-state index contributed by atoms with van der Waals surface area (Å²) in [6.07, 6.45) is 0. The quantitative estimate of drug-likeness (QED) is 0.434. The summed E-state index contributed by atoms with van der Waals surface area (Å²) in [4.78, 5) is 0.133. The van der Waals surface area contributed by atoms with E-state index < -0.39 is 21.3 Å². The second kappa shape index (κ2) is 8.27. The first-order valence-corrected chi connectivity index (χ1v) is 11.6. The number of benzene rings is 4. The van der Waals surface area contributed by atoms with Gasteiger partial charge in [0, 0.05) is 22.0 Å². The standard InChI is InChI=1S/C22H18N2O4S2/c25-29(26)23-21-14-15-22(20-9-5-4-8-19(20)21)24-30(27,28)18-12-10-17(11-13-18)16-6-2-1-3-7-16/h1-15,23-24H,(H,25,26)/p-1. The lowest BCUT2D eigenvalue weighted by atomic mass is 10.1. The summed E-state index contributed by atoms with van der Waals surface area (Å²) in [5.41, 5.74) is 2.65. The first kappa shape index (κ1) is 20.1. The number of anilines is 2. The van der Waals surface area contributed by atoms with Crippen molar-refractivity contribution in [3.8, 4) is 11.1 Å². The van der Waals surface area contributed by atoms with Crippen LogP contribution in [0.25, 0.3) is 21.9 Å². The van der Waals surface area contributed by atoms with Crippen LogP contribution >= 0.6 is 0 Å². The molecule has 1 atom stereocenters. The summed E-state index contributed by atoms with van der Waals surface area (Å²) in [5.74, 6) is 0. The highest BCUT2D eigenvalue weighted by Crippen LogP contribution is 2.32. The van der Waals surface area contributed by atoms with Gasteiger partial charge in [-0.3, -0.25) is 8.93 Å². The van der Waals surface area contributed by atoms with Gasteiger partial charge in [-0.2, -0.15) is 0 Å². The highest BCUT2D eigenvalue weighted by atomic mass is 32.2. The summed E-state index contributed by atoms with van der Waals surface area (Å²) in [5, 5.41) is 1.17. The lowest BCUT2D eigenvalue weighted by molar-refractivity contribution is 0.542. The van der Waals surface area contributed by atoms with Gasteiger partial charge in [0.1, 0.15) is 0 Å². The van der Waals surface area contributed by atoms with E-state index in [1.54, 1.807) is 48.5 Å². The number of hydrogen-bond acceptors (Lipinski definition) is 4. The highest BCUT2D eigenvalue weighted by Gasteiger charge is 2.16. The van der Waals surface area contributed by atoms with E-state index in [4.69, 9.17) is 0 Å². The fraction of sp³-hybridized carbons (Fsp3) is 0. The normalized spacial score (nSPS) is 12.4. The maximum Gasteiger partial charge on any atom is 0.261 e. The maximum absolute atomic E-state index is 12.9. The molecule has 0 bridgehead atoms. The van der Waals surface area contributed by atoms with E-state index in [-0.39, 0.29) is 4.90 Å². The molecule has 30 heavy (non-hydrogen) atoms. The predicted molar refractivity (Wildman–Crippen MR) is 119 cm³/mol. The summed E-state index contributed by atoms with van der Waals surface area (Å²) >= 11 is -2.48. The van der Waals surface area contributed by atoms with Gasteiger partial charge in [-0.25, -0.2) is 8.42 Å². The molecule has 0 saturated heterocycles. The molecule has 0 aliphatic heterocycles. The largest absolute Gasteiger partial charge is 0.755 e. The number of nitrogens with one attached hydrogen (secondary N) is 2. The predicted octanol–water partition coefficient (Wildman–Crippen LogP) is 4.51. The average Bonchev–Trinajstić information content (AvgIpc) is 2.76. The van der Waals surface area contributed by atoms with Gasteiger partial charge in [0.15, 0.2) is 0 Å². The van der Waals surface area contributed by atoms with Crippen molar-refractivity contribution in [1.29, 1.82) is 0 Å². The molecule has 4 aromatic carbocycles. The summed E-state index contributed by atoms with van der Waals surface area (Å²) < 4.78 is 52.8. The Kier molecular flexibility index (Phi) is 5.54. The molecule has 0 aliphatic rings. The van der Waals surface area contributed by atoms with Crippen LogP contribution in [0.1, 0.15) is 0 Å². The van der Waals surface area contributed by atoms with Crippen LogP contribution < -0.4 is 9.44 Å². The van der Waals surface area contributed by atoms with Crippen molar-refractivity contribution >= 4 is 43.4 Å². The zero-order valence-corrected chi connectivity index (χ0v) is 17.2. The molecule has 4 aromatic rings. The van der Waals surface area contributed by atoms with E-state index in [0.717, 1.165) is 11.1 Å². The third kappa shape index (κ3) is 4.20. The Bertz CT molecular complexity index is 1320. The second-order valence-corrected chi connectivity index (χ2v) is 8.89. The first-order valence-electron chi connectivity index (χ1n) is 9.00. The minimum atomic E-state index is -3.83. The molecule has 0 aromatic heterocycles. The van der Waals surface area contributed by atoms with Gasteiger partial charge >= 0.3 is 0 Å². The van der Waals surface area contributed by atoms with Crippen molar-refractivity contribution in [3.05, 3.63) is 91.0 Å². The molecule has 0 spiro atoms. The van der Waals surface area contributed by atoms with Crippen LogP contribution in [0.15, 0.2) is 95.9 Å². The van der Waals surface area contributed by atoms with Crippen LogP contribution in [-0.2, 0) is 21.3 Å². The van der Waals surface area contributed by atoms with Crippen molar-refractivity contribution in [2.45, 2.75) is 4.90 Å². The fourth-order valence-electron chi connectivity index (χ4n) is 3.23. The fourth-order valence-corrected chi connectivity index (χ4v) is 4.66. The SMILES string of the molecule is O=S([O-])Nc1ccc(NS(=O)(=O)c2ccc(-c3ccccc3)cc2)c2ccccc12. The summed E-state index contributed by atoms with van der Waals surface area (Å²) in [6.45, 7) is 0. The smallest absolute Gasteiger partial charge is 0.261 e. The van der Waals surface area contributed by atoms with E-state index in [1.807, 2.05) is 30.3 Å². The highest BCUT2D eigenvalue weighted by molar-refractivity contribution is 7.92. The van der Waals surface area contributed by atoms with Crippen LogP contribution in [0.3, 0.4) is 0 Å². The maximum atomic E-state index is 12.9. The summed E-state index contributed by atoms with van der Waals surface area (Å²) in [7, 11) is -3.83. The van der Waals surface area contributed by atoms with E-state index in [0.29, 0.717) is 22.1 Å². The Morgan fingerprint density at radius 3 is 1.83 bits per heavy atom. The van der Waals surface area contributed by atoms with Crippen LogP contribution in [0.5, 0.6) is 0 Å². The zero-order valence-electron chi connectivity index (χ0n) is 15.6. The third-order valence-electron chi connectivity index (χ3n) is 4.63. The molecule has 6 nitrogen and oxygen atoms in total. The van der Waals surface area contributed by atoms with Gasteiger partial charge in [-0.05, 0) is 35.4 Å². The van der Waals surface area contributed by atoms with Crippen LogP contribution in [-0.4, -0.2) is 17.2 Å². The second-order valence-electron chi connectivity index (χ2n) is 6.54. The molecule has 0 heterocycles. The summed E-state index contributed by atoms with van der Waals surface area (Å²) in [6, 6.07) is 26.3. The lowest BCUT2D eigenvalue weighted by Gasteiger charge is -2.15. The molecular formula is C22H17N2O4S2-. The molecule has 0 aliphatic carbocycles. The number of rotatable bonds is 6. The first-order chi connectivity index (χ1) is 14.4. The van der Waals surface area contributed by atoms with Gasteiger partial charge in [-0.1, -0.05) is 66.7 Å². The van der Waals surface area contributed by atoms with Crippen molar-refractivity contribution in [2.75, 3.05) is 9.44 Å². The number of hydrogen-bond donors (Lipinski definition) is 2. The Labute approximate surface area is 177 Å². The third-order valence-corrected chi connectivity index (χ3v) is 6.40. The molecule has 152 valence electrons. The minimum absolute atomic E-state index is 0.133. The molecular weight excluding hydrogens is 420 g/mol. The van der Waals surface area contributed by atoms with Crippen molar-refractivity contribution in [3.63, 3.8) is 0 Å². The van der Waals surface area contributed by atoms with Gasteiger partial charge in [0.25, 0.3) is 10.0 Å². The van der Waals surface area contributed by atoms with E-state index in [2.05, 4.69) is 9.44 Å². The van der Waals surface area contributed by atoms with Crippen molar-refractivity contribution in [1.82, 2.24) is 0 Å².